The number of hydrogen-bond acceptors (Lipinski definition) is 2. The van der Waals surface area contributed by atoms with Gasteiger partial charge in [-0.2, -0.15) is 11.3 Å². The SMILES string of the molecule is CC(C)(C)NCC(=Cc1ccsc1)C1CCCCC1. The predicted molar refractivity (Wildman–Crippen MR) is 86.6 cm³/mol. The first-order chi connectivity index (χ1) is 9.04. The molecule has 1 heterocycles. The van der Waals surface area contributed by atoms with Gasteiger partial charge in [0, 0.05) is 12.1 Å². The Labute approximate surface area is 122 Å². The lowest BCUT2D eigenvalue weighted by Crippen LogP contribution is -2.38. The molecular weight excluding hydrogens is 250 g/mol. The lowest BCUT2D eigenvalue weighted by atomic mass is 9.83. The summed E-state index contributed by atoms with van der Waals surface area (Å²) in [4.78, 5) is 0. The minimum absolute atomic E-state index is 0.197. The molecule has 2 rings (SSSR count). The fourth-order valence-electron chi connectivity index (χ4n) is 2.73. The summed E-state index contributed by atoms with van der Waals surface area (Å²) in [5, 5.41) is 8.08. The first kappa shape index (κ1) is 14.8. The molecule has 2 heteroatoms. The highest BCUT2D eigenvalue weighted by Crippen LogP contribution is 2.31. The summed E-state index contributed by atoms with van der Waals surface area (Å²) >= 11 is 1.79. The molecule has 106 valence electrons. The van der Waals surface area contributed by atoms with E-state index in [9.17, 15) is 0 Å². The van der Waals surface area contributed by atoms with Gasteiger partial charge in [-0.25, -0.2) is 0 Å². The van der Waals surface area contributed by atoms with E-state index in [-0.39, 0.29) is 5.54 Å². The third kappa shape index (κ3) is 5.12. The van der Waals surface area contributed by atoms with Crippen molar-refractivity contribution in [2.24, 2.45) is 5.92 Å². The zero-order chi connectivity index (χ0) is 13.7. The van der Waals surface area contributed by atoms with E-state index in [4.69, 9.17) is 0 Å². The van der Waals surface area contributed by atoms with E-state index in [2.05, 4.69) is 49.0 Å². The Morgan fingerprint density at radius 2 is 2.05 bits per heavy atom. The molecule has 1 aliphatic carbocycles. The van der Waals surface area contributed by atoms with Gasteiger partial charge in [-0.05, 0) is 61.9 Å². The van der Waals surface area contributed by atoms with Gasteiger partial charge in [-0.15, -0.1) is 0 Å². The minimum atomic E-state index is 0.197. The van der Waals surface area contributed by atoms with Crippen LogP contribution in [0.2, 0.25) is 0 Å². The van der Waals surface area contributed by atoms with Gasteiger partial charge in [0.1, 0.15) is 0 Å². The fourth-order valence-corrected chi connectivity index (χ4v) is 3.34. The molecule has 0 aromatic carbocycles. The zero-order valence-electron chi connectivity index (χ0n) is 12.5. The Hall–Kier alpha value is -0.600. The molecule has 0 saturated heterocycles. The maximum atomic E-state index is 3.67. The first-order valence-electron chi connectivity index (χ1n) is 7.52. The third-order valence-electron chi connectivity index (χ3n) is 3.85. The van der Waals surface area contributed by atoms with Crippen LogP contribution in [0.4, 0.5) is 0 Å². The second-order valence-corrected chi connectivity index (χ2v) is 7.49. The lowest BCUT2D eigenvalue weighted by molar-refractivity contribution is 0.378. The van der Waals surface area contributed by atoms with Crippen LogP contribution in [-0.4, -0.2) is 12.1 Å². The number of nitrogens with one attached hydrogen (secondary N) is 1. The number of thiophene rings is 1. The molecule has 1 aliphatic rings. The van der Waals surface area contributed by atoms with Gasteiger partial charge < -0.3 is 5.32 Å². The molecule has 1 saturated carbocycles. The molecule has 1 N–H and O–H groups in total. The van der Waals surface area contributed by atoms with Crippen LogP contribution in [-0.2, 0) is 0 Å². The van der Waals surface area contributed by atoms with E-state index in [0.717, 1.165) is 12.5 Å². The van der Waals surface area contributed by atoms with Gasteiger partial charge in [0.25, 0.3) is 0 Å². The van der Waals surface area contributed by atoms with E-state index in [0.29, 0.717) is 0 Å². The van der Waals surface area contributed by atoms with Crippen LogP contribution in [0, 0.1) is 5.92 Å². The maximum absolute atomic E-state index is 3.67. The highest BCUT2D eigenvalue weighted by Gasteiger charge is 2.19. The van der Waals surface area contributed by atoms with Crippen LogP contribution in [0.25, 0.3) is 6.08 Å². The van der Waals surface area contributed by atoms with Crippen LogP contribution < -0.4 is 5.32 Å². The van der Waals surface area contributed by atoms with Crippen molar-refractivity contribution in [2.45, 2.75) is 58.4 Å². The molecule has 1 nitrogen and oxygen atoms in total. The molecular formula is C17H27NS. The summed E-state index contributed by atoms with van der Waals surface area (Å²) in [6.45, 7) is 7.77. The summed E-state index contributed by atoms with van der Waals surface area (Å²) < 4.78 is 0. The number of hydrogen-bond donors (Lipinski definition) is 1. The van der Waals surface area contributed by atoms with E-state index in [1.165, 1.54) is 37.7 Å². The van der Waals surface area contributed by atoms with Gasteiger partial charge in [0.05, 0.1) is 0 Å². The Morgan fingerprint density at radius 1 is 1.32 bits per heavy atom. The van der Waals surface area contributed by atoms with Crippen molar-refractivity contribution in [3.05, 3.63) is 28.0 Å². The summed E-state index contributed by atoms with van der Waals surface area (Å²) in [7, 11) is 0. The zero-order valence-corrected chi connectivity index (χ0v) is 13.4. The van der Waals surface area contributed by atoms with E-state index < -0.39 is 0 Å². The Morgan fingerprint density at radius 3 is 2.63 bits per heavy atom. The van der Waals surface area contributed by atoms with Crippen molar-refractivity contribution in [2.75, 3.05) is 6.54 Å². The highest BCUT2D eigenvalue weighted by molar-refractivity contribution is 7.08. The van der Waals surface area contributed by atoms with Gasteiger partial charge in [0.2, 0.25) is 0 Å². The van der Waals surface area contributed by atoms with E-state index >= 15 is 0 Å². The fraction of sp³-hybridized carbons (Fsp3) is 0.647. The minimum Gasteiger partial charge on any atom is -0.308 e. The first-order valence-corrected chi connectivity index (χ1v) is 8.46. The van der Waals surface area contributed by atoms with E-state index in [1.54, 1.807) is 16.9 Å². The van der Waals surface area contributed by atoms with Crippen LogP contribution in [0.3, 0.4) is 0 Å². The second-order valence-electron chi connectivity index (χ2n) is 6.71. The van der Waals surface area contributed by atoms with E-state index in [1.807, 2.05) is 0 Å². The van der Waals surface area contributed by atoms with Crippen LogP contribution in [0.1, 0.15) is 58.4 Å². The van der Waals surface area contributed by atoms with Crippen molar-refractivity contribution in [1.82, 2.24) is 5.32 Å². The molecule has 1 aromatic heterocycles. The predicted octanol–water partition coefficient (Wildman–Crippen LogP) is 5.10. The Kier molecular flexibility index (Phi) is 5.23. The van der Waals surface area contributed by atoms with Crippen LogP contribution in [0.5, 0.6) is 0 Å². The topological polar surface area (TPSA) is 12.0 Å². The largest absolute Gasteiger partial charge is 0.308 e. The molecule has 1 fully saturated rings. The molecule has 0 amide bonds. The summed E-state index contributed by atoms with van der Waals surface area (Å²) in [5.41, 5.74) is 3.18. The Bertz CT molecular complexity index is 391. The molecule has 0 bridgehead atoms. The maximum Gasteiger partial charge on any atom is 0.0175 e. The van der Waals surface area contributed by atoms with Crippen LogP contribution >= 0.6 is 11.3 Å². The Balaban J connectivity index is 2.08. The van der Waals surface area contributed by atoms with Crippen molar-refractivity contribution < 1.29 is 0 Å². The molecule has 0 atom stereocenters. The average molecular weight is 277 g/mol. The smallest absolute Gasteiger partial charge is 0.0175 e. The monoisotopic (exact) mass is 277 g/mol. The van der Waals surface area contributed by atoms with Crippen molar-refractivity contribution in [3.63, 3.8) is 0 Å². The van der Waals surface area contributed by atoms with Crippen LogP contribution in [0.15, 0.2) is 22.4 Å². The van der Waals surface area contributed by atoms with Gasteiger partial charge in [0.15, 0.2) is 0 Å². The van der Waals surface area contributed by atoms with Crippen molar-refractivity contribution >= 4 is 17.4 Å². The molecule has 0 spiro atoms. The molecule has 0 unspecified atom stereocenters. The third-order valence-corrected chi connectivity index (χ3v) is 4.55. The standard InChI is InChI=1S/C17H27NS/c1-17(2,3)18-12-16(11-14-9-10-19-13-14)15-7-5-4-6-8-15/h9-11,13,15,18H,4-8,12H2,1-3H3. The molecule has 1 aromatic rings. The summed E-state index contributed by atoms with van der Waals surface area (Å²) in [5.74, 6) is 0.795. The normalized spacial score (nSPS) is 18.8. The molecule has 19 heavy (non-hydrogen) atoms. The lowest BCUT2D eigenvalue weighted by Gasteiger charge is -2.28. The summed E-state index contributed by atoms with van der Waals surface area (Å²) in [6, 6.07) is 2.23. The van der Waals surface area contributed by atoms with Gasteiger partial charge in [-0.3, -0.25) is 0 Å². The summed E-state index contributed by atoms with van der Waals surface area (Å²) in [6.07, 6.45) is 9.41. The van der Waals surface area contributed by atoms with Gasteiger partial charge >= 0.3 is 0 Å². The highest BCUT2D eigenvalue weighted by atomic mass is 32.1. The van der Waals surface area contributed by atoms with Gasteiger partial charge in [-0.1, -0.05) is 30.9 Å². The molecule has 0 aliphatic heterocycles. The second kappa shape index (κ2) is 6.71. The molecule has 0 radical (unpaired) electrons. The van der Waals surface area contributed by atoms with Crippen molar-refractivity contribution in [3.8, 4) is 0 Å². The average Bonchev–Trinajstić information content (AvgIpc) is 2.87. The van der Waals surface area contributed by atoms with Crippen molar-refractivity contribution in [1.29, 1.82) is 0 Å². The number of rotatable bonds is 4. The quantitative estimate of drug-likeness (QED) is 0.807.